The van der Waals surface area contributed by atoms with Crippen molar-refractivity contribution >= 4 is 21.4 Å². The molecule has 1 aromatic heterocycles. The fourth-order valence-corrected chi connectivity index (χ4v) is 4.40. The lowest BCUT2D eigenvalue weighted by atomic mass is 10.3. The summed E-state index contributed by atoms with van der Waals surface area (Å²) in [6, 6.07) is 0. The van der Waals surface area contributed by atoms with Gasteiger partial charge in [-0.3, -0.25) is 0 Å². The molecular formula is C11H21N3O2S2. The summed E-state index contributed by atoms with van der Waals surface area (Å²) >= 11 is 1.40. The molecule has 0 saturated heterocycles. The Kier molecular flexibility index (Phi) is 5.30. The van der Waals surface area contributed by atoms with Gasteiger partial charge in [0.2, 0.25) is 10.0 Å². The summed E-state index contributed by atoms with van der Waals surface area (Å²) in [5, 5.41) is 1.84. The number of hydrogen-bond donors (Lipinski definition) is 1. The van der Waals surface area contributed by atoms with E-state index in [9.17, 15) is 8.42 Å². The van der Waals surface area contributed by atoms with E-state index in [1.165, 1.54) is 15.6 Å². The number of likely N-dealkylation sites (N-methyl/N-ethyl adjacent to an activating group) is 2. The summed E-state index contributed by atoms with van der Waals surface area (Å²) in [5.74, 6) is 0. The Labute approximate surface area is 113 Å². The van der Waals surface area contributed by atoms with E-state index >= 15 is 0 Å². The SMILES string of the molecule is Cc1csc(CN)c1S(=O)(=O)N(C)CCN(C)C. The number of nitrogens with two attached hydrogens (primary N) is 1. The molecule has 2 N–H and O–H groups in total. The number of aryl methyl sites for hydroxylation is 1. The van der Waals surface area contributed by atoms with Gasteiger partial charge in [0.05, 0.1) is 0 Å². The highest BCUT2D eigenvalue weighted by Gasteiger charge is 2.26. The molecule has 104 valence electrons. The van der Waals surface area contributed by atoms with Crippen LogP contribution in [0.3, 0.4) is 0 Å². The quantitative estimate of drug-likeness (QED) is 0.838. The fraction of sp³-hybridized carbons (Fsp3) is 0.636. The molecule has 0 radical (unpaired) electrons. The smallest absolute Gasteiger partial charge is 0.244 e. The molecule has 0 fully saturated rings. The molecule has 1 aromatic rings. The molecule has 18 heavy (non-hydrogen) atoms. The molecule has 0 amide bonds. The Balaban J connectivity index is 3.02. The molecule has 1 rings (SSSR count). The van der Waals surface area contributed by atoms with Crippen LogP contribution in [0, 0.1) is 6.92 Å². The molecule has 7 heteroatoms. The highest BCUT2D eigenvalue weighted by molar-refractivity contribution is 7.89. The Morgan fingerprint density at radius 2 is 1.89 bits per heavy atom. The summed E-state index contributed by atoms with van der Waals surface area (Å²) < 4.78 is 26.3. The molecule has 5 nitrogen and oxygen atoms in total. The minimum atomic E-state index is -3.43. The Morgan fingerprint density at radius 1 is 1.28 bits per heavy atom. The maximum absolute atomic E-state index is 12.5. The molecule has 0 aliphatic heterocycles. The largest absolute Gasteiger partial charge is 0.326 e. The van der Waals surface area contributed by atoms with Gasteiger partial charge in [-0.25, -0.2) is 8.42 Å². The Morgan fingerprint density at radius 3 is 2.39 bits per heavy atom. The van der Waals surface area contributed by atoms with Crippen LogP contribution in [-0.4, -0.2) is 51.9 Å². The second-order valence-corrected chi connectivity index (χ2v) is 7.45. The average Bonchev–Trinajstić information content (AvgIpc) is 2.67. The maximum Gasteiger partial charge on any atom is 0.244 e. The van der Waals surface area contributed by atoms with Crippen molar-refractivity contribution in [2.75, 3.05) is 34.2 Å². The van der Waals surface area contributed by atoms with Crippen molar-refractivity contribution in [1.29, 1.82) is 0 Å². The van der Waals surface area contributed by atoms with Crippen LogP contribution in [0.2, 0.25) is 0 Å². The summed E-state index contributed by atoms with van der Waals surface area (Å²) in [7, 11) is 2.02. The van der Waals surface area contributed by atoms with Gasteiger partial charge in [0.25, 0.3) is 0 Å². The van der Waals surface area contributed by atoms with Crippen LogP contribution in [0.25, 0.3) is 0 Å². The summed E-state index contributed by atoms with van der Waals surface area (Å²) in [6.07, 6.45) is 0. The van der Waals surface area contributed by atoms with Crippen LogP contribution in [-0.2, 0) is 16.6 Å². The highest BCUT2D eigenvalue weighted by atomic mass is 32.2. The van der Waals surface area contributed by atoms with Crippen LogP contribution < -0.4 is 5.73 Å². The molecule has 0 atom stereocenters. The summed E-state index contributed by atoms with van der Waals surface area (Å²) in [6.45, 7) is 3.22. The lowest BCUT2D eigenvalue weighted by molar-refractivity contribution is 0.358. The van der Waals surface area contributed by atoms with Crippen LogP contribution in [0.4, 0.5) is 0 Å². The zero-order chi connectivity index (χ0) is 13.9. The van der Waals surface area contributed by atoms with E-state index in [1.54, 1.807) is 7.05 Å². The van der Waals surface area contributed by atoms with E-state index in [1.807, 2.05) is 31.3 Å². The van der Waals surface area contributed by atoms with E-state index in [-0.39, 0.29) is 6.54 Å². The van der Waals surface area contributed by atoms with Gasteiger partial charge in [0.1, 0.15) is 4.90 Å². The summed E-state index contributed by atoms with van der Waals surface area (Å²) in [4.78, 5) is 3.07. The molecule has 0 aliphatic rings. The Bertz CT molecular complexity index is 494. The number of sulfonamides is 1. The zero-order valence-electron chi connectivity index (χ0n) is 11.3. The first kappa shape index (κ1) is 15.6. The first-order valence-corrected chi connectivity index (χ1v) is 8.00. The number of rotatable bonds is 6. The first-order valence-electron chi connectivity index (χ1n) is 5.68. The monoisotopic (exact) mass is 291 g/mol. The van der Waals surface area contributed by atoms with E-state index in [4.69, 9.17) is 5.73 Å². The Hall–Kier alpha value is -0.470. The van der Waals surface area contributed by atoms with Gasteiger partial charge >= 0.3 is 0 Å². The van der Waals surface area contributed by atoms with Gasteiger partial charge in [-0.15, -0.1) is 11.3 Å². The lowest BCUT2D eigenvalue weighted by Crippen LogP contribution is -2.34. The van der Waals surface area contributed by atoms with Gasteiger partial charge < -0.3 is 10.6 Å². The third kappa shape index (κ3) is 3.30. The maximum atomic E-state index is 12.5. The first-order chi connectivity index (χ1) is 8.30. The van der Waals surface area contributed by atoms with Gasteiger partial charge in [0, 0.05) is 31.6 Å². The molecule has 0 unspecified atom stereocenters. The highest BCUT2D eigenvalue weighted by Crippen LogP contribution is 2.28. The fourth-order valence-electron chi connectivity index (χ4n) is 1.59. The topological polar surface area (TPSA) is 66.6 Å². The van der Waals surface area contributed by atoms with Crippen molar-refractivity contribution in [2.24, 2.45) is 5.73 Å². The number of hydrogen-bond acceptors (Lipinski definition) is 5. The van der Waals surface area contributed by atoms with Crippen molar-refractivity contribution < 1.29 is 8.42 Å². The lowest BCUT2D eigenvalue weighted by Gasteiger charge is -2.20. The van der Waals surface area contributed by atoms with E-state index in [0.717, 1.165) is 10.4 Å². The van der Waals surface area contributed by atoms with E-state index in [2.05, 4.69) is 0 Å². The third-order valence-electron chi connectivity index (χ3n) is 2.71. The van der Waals surface area contributed by atoms with Gasteiger partial charge in [-0.05, 0) is 32.0 Å². The molecule has 1 heterocycles. The third-order valence-corrected chi connectivity index (χ3v) is 6.05. The van der Waals surface area contributed by atoms with Crippen LogP contribution in [0.15, 0.2) is 10.3 Å². The molecule has 0 bridgehead atoms. The normalized spacial score (nSPS) is 12.6. The van der Waals surface area contributed by atoms with Crippen molar-refractivity contribution in [3.8, 4) is 0 Å². The average molecular weight is 291 g/mol. The van der Waals surface area contributed by atoms with Gasteiger partial charge in [-0.1, -0.05) is 0 Å². The molecular weight excluding hydrogens is 270 g/mol. The minimum absolute atomic E-state index is 0.259. The van der Waals surface area contributed by atoms with Crippen molar-refractivity contribution in [1.82, 2.24) is 9.21 Å². The van der Waals surface area contributed by atoms with Crippen LogP contribution in [0.5, 0.6) is 0 Å². The second-order valence-electron chi connectivity index (χ2n) is 4.50. The minimum Gasteiger partial charge on any atom is -0.326 e. The van der Waals surface area contributed by atoms with Crippen molar-refractivity contribution in [2.45, 2.75) is 18.4 Å². The zero-order valence-corrected chi connectivity index (χ0v) is 12.9. The molecule has 0 spiro atoms. The molecule has 0 saturated carbocycles. The van der Waals surface area contributed by atoms with Crippen molar-refractivity contribution in [3.05, 3.63) is 15.8 Å². The second kappa shape index (κ2) is 6.12. The van der Waals surface area contributed by atoms with Crippen LogP contribution >= 0.6 is 11.3 Å². The predicted molar refractivity (Wildman–Crippen MR) is 75.3 cm³/mol. The van der Waals surface area contributed by atoms with Gasteiger partial charge in [0.15, 0.2) is 0 Å². The molecule has 0 aliphatic carbocycles. The van der Waals surface area contributed by atoms with Gasteiger partial charge in [-0.2, -0.15) is 4.31 Å². The predicted octanol–water partition coefficient (Wildman–Crippen LogP) is 0.697. The number of nitrogens with zero attached hydrogens (tertiary/aromatic N) is 2. The van der Waals surface area contributed by atoms with E-state index in [0.29, 0.717) is 18.0 Å². The summed E-state index contributed by atoms with van der Waals surface area (Å²) in [5.41, 5.74) is 6.38. The van der Waals surface area contributed by atoms with Crippen LogP contribution in [0.1, 0.15) is 10.4 Å². The molecule has 0 aromatic carbocycles. The van der Waals surface area contributed by atoms with E-state index < -0.39 is 10.0 Å². The van der Waals surface area contributed by atoms with Crippen molar-refractivity contribution in [3.63, 3.8) is 0 Å². The number of thiophene rings is 1. The standard InChI is InChI=1S/C11H21N3O2S2/c1-9-8-17-10(7-12)11(9)18(15,16)14(4)6-5-13(2)3/h8H,5-7,12H2,1-4H3.